The van der Waals surface area contributed by atoms with Crippen molar-refractivity contribution in [1.82, 2.24) is 15.1 Å². The van der Waals surface area contributed by atoms with Gasteiger partial charge in [-0.3, -0.25) is 9.48 Å². The molecular formula is C10H18N4O2. The molecule has 16 heavy (non-hydrogen) atoms. The number of nitrogens with one attached hydrogen (secondary N) is 1. The SMILES string of the molecule is NC(=O)CCCNCC(O)Cn1cccn1. The van der Waals surface area contributed by atoms with Crippen molar-refractivity contribution in [3.05, 3.63) is 18.5 Å². The number of rotatable bonds is 8. The molecule has 0 aliphatic carbocycles. The Morgan fingerprint density at radius 1 is 1.62 bits per heavy atom. The van der Waals surface area contributed by atoms with Gasteiger partial charge in [0.05, 0.1) is 12.6 Å². The van der Waals surface area contributed by atoms with Crippen LogP contribution in [-0.4, -0.2) is 40.0 Å². The van der Waals surface area contributed by atoms with E-state index in [-0.39, 0.29) is 5.91 Å². The van der Waals surface area contributed by atoms with E-state index in [1.54, 1.807) is 17.1 Å². The van der Waals surface area contributed by atoms with Crippen molar-refractivity contribution in [2.24, 2.45) is 5.73 Å². The lowest BCUT2D eigenvalue weighted by molar-refractivity contribution is -0.118. The van der Waals surface area contributed by atoms with Gasteiger partial charge >= 0.3 is 0 Å². The number of nitrogens with zero attached hydrogens (tertiary/aromatic N) is 2. The molecule has 1 rings (SSSR count). The summed E-state index contributed by atoms with van der Waals surface area (Å²) >= 11 is 0. The maximum Gasteiger partial charge on any atom is 0.217 e. The van der Waals surface area contributed by atoms with Crippen LogP contribution in [0.3, 0.4) is 0 Å². The molecule has 6 heteroatoms. The minimum Gasteiger partial charge on any atom is -0.390 e. The predicted octanol–water partition coefficient (Wildman–Crippen LogP) is -0.901. The fraction of sp³-hybridized carbons (Fsp3) is 0.600. The molecule has 1 heterocycles. The third kappa shape index (κ3) is 5.47. The van der Waals surface area contributed by atoms with E-state index in [0.717, 1.165) is 0 Å². The van der Waals surface area contributed by atoms with Crippen molar-refractivity contribution in [3.63, 3.8) is 0 Å². The van der Waals surface area contributed by atoms with E-state index in [4.69, 9.17) is 5.73 Å². The second-order valence-corrected chi connectivity index (χ2v) is 3.66. The minimum atomic E-state index is -0.478. The molecule has 0 saturated carbocycles. The van der Waals surface area contributed by atoms with Crippen molar-refractivity contribution >= 4 is 5.91 Å². The number of aliphatic hydroxyl groups excluding tert-OH is 1. The van der Waals surface area contributed by atoms with E-state index in [0.29, 0.717) is 32.5 Å². The van der Waals surface area contributed by atoms with Gasteiger partial charge in [-0.25, -0.2) is 0 Å². The summed E-state index contributed by atoms with van der Waals surface area (Å²) in [7, 11) is 0. The number of amides is 1. The highest BCUT2D eigenvalue weighted by molar-refractivity contribution is 5.73. The molecule has 0 spiro atoms. The number of primary amides is 1. The number of aromatic nitrogens is 2. The Labute approximate surface area is 94.4 Å². The highest BCUT2D eigenvalue weighted by Crippen LogP contribution is 1.90. The number of hydrogen-bond donors (Lipinski definition) is 3. The standard InChI is InChI=1S/C10H18N4O2/c11-10(16)3-1-4-12-7-9(15)8-14-6-2-5-13-14/h2,5-6,9,12,15H,1,3-4,7-8H2,(H2,11,16). The smallest absolute Gasteiger partial charge is 0.217 e. The van der Waals surface area contributed by atoms with Gasteiger partial charge in [-0.05, 0) is 19.0 Å². The third-order valence-electron chi connectivity index (χ3n) is 2.11. The fourth-order valence-corrected chi connectivity index (χ4v) is 1.35. The monoisotopic (exact) mass is 226 g/mol. The number of hydrogen-bond acceptors (Lipinski definition) is 4. The van der Waals surface area contributed by atoms with E-state index in [1.165, 1.54) is 0 Å². The van der Waals surface area contributed by atoms with E-state index in [1.807, 2.05) is 6.07 Å². The average Bonchev–Trinajstić information content (AvgIpc) is 2.69. The van der Waals surface area contributed by atoms with Gasteiger partial charge in [0.1, 0.15) is 0 Å². The zero-order valence-electron chi connectivity index (χ0n) is 9.17. The Hall–Kier alpha value is -1.40. The maximum absolute atomic E-state index is 10.4. The van der Waals surface area contributed by atoms with Gasteiger partial charge in [0.25, 0.3) is 0 Å². The van der Waals surface area contributed by atoms with Crippen LogP contribution < -0.4 is 11.1 Å². The first kappa shape index (κ1) is 12.7. The first-order chi connectivity index (χ1) is 7.68. The van der Waals surface area contributed by atoms with Gasteiger partial charge in [0.2, 0.25) is 5.91 Å². The maximum atomic E-state index is 10.4. The number of nitrogens with two attached hydrogens (primary N) is 1. The molecule has 90 valence electrons. The molecule has 0 aliphatic rings. The minimum absolute atomic E-state index is 0.293. The molecule has 1 aromatic heterocycles. The number of aliphatic hydroxyl groups is 1. The summed E-state index contributed by atoms with van der Waals surface area (Å²) < 4.78 is 1.68. The van der Waals surface area contributed by atoms with E-state index >= 15 is 0 Å². The zero-order valence-corrected chi connectivity index (χ0v) is 9.17. The van der Waals surface area contributed by atoms with Crippen LogP contribution in [0.25, 0.3) is 0 Å². The molecule has 0 aromatic carbocycles. The van der Waals surface area contributed by atoms with Gasteiger partial charge < -0.3 is 16.2 Å². The topological polar surface area (TPSA) is 93.2 Å². The molecule has 1 aromatic rings. The molecule has 1 atom stereocenters. The first-order valence-electron chi connectivity index (χ1n) is 5.33. The molecular weight excluding hydrogens is 208 g/mol. The van der Waals surface area contributed by atoms with Crippen LogP contribution in [0.15, 0.2) is 18.5 Å². The molecule has 1 amide bonds. The third-order valence-corrected chi connectivity index (χ3v) is 2.11. The Kier molecular flexibility index (Phi) is 5.52. The molecule has 1 unspecified atom stereocenters. The molecule has 6 nitrogen and oxygen atoms in total. The Morgan fingerprint density at radius 3 is 3.06 bits per heavy atom. The van der Waals surface area contributed by atoms with Crippen molar-refractivity contribution in [2.45, 2.75) is 25.5 Å². The first-order valence-corrected chi connectivity index (χ1v) is 5.33. The summed E-state index contributed by atoms with van der Waals surface area (Å²) in [6, 6.07) is 1.81. The lowest BCUT2D eigenvalue weighted by Gasteiger charge is -2.11. The second kappa shape index (κ2) is 6.97. The Morgan fingerprint density at radius 2 is 2.44 bits per heavy atom. The lowest BCUT2D eigenvalue weighted by Crippen LogP contribution is -2.31. The van der Waals surface area contributed by atoms with E-state index < -0.39 is 6.10 Å². The summed E-state index contributed by atoms with van der Waals surface area (Å²) in [5.74, 6) is -0.293. The van der Waals surface area contributed by atoms with Crippen molar-refractivity contribution in [3.8, 4) is 0 Å². The van der Waals surface area contributed by atoms with Crippen LogP contribution >= 0.6 is 0 Å². The van der Waals surface area contributed by atoms with Gasteiger partial charge in [-0.15, -0.1) is 0 Å². The zero-order chi connectivity index (χ0) is 11.8. The summed E-state index contributed by atoms with van der Waals surface area (Å²) in [6.07, 6.45) is 4.07. The van der Waals surface area contributed by atoms with Gasteiger partial charge in [0.15, 0.2) is 0 Å². The van der Waals surface area contributed by atoms with Crippen LogP contribution in [0.2, 0.25) is 0 Å². The quantitative estimate of drug-likeness (QED) is 0.501. The van der Waals surface area contributed by atoms with Crippen molar-refractivity contribution < 1.29 is 9.90 Å². The van der Waals surface area contributed by atoms with Crippen LogP contribution in [0, 0.1) is 0 Å². The molecule has 0 radical (unpaired) electrons. The second-order valence-electron chi connectivity index (χ2n) is 3.66. The fourth-order valence-electron chi connectivity index (χ4n) is 1.35. The highest BCUT2D eigenvalue weighted by Gasteiger charge is 2.04. The summed E-state index contributed by atoms with van der Waals surface area (Å²) in [5.41, 5.74) is 5.00. The summed E-state index contributed by atoms with van der Waals surface area (Å²) in [5, 5.41) is 16.7. The molecule has 0 aliphatic heterocycles. The number of carbonyl (C=O) groups excluding carboxylic acids is 1. The van der Waals surface area contributed by atoms with Crippen LogP contribution in [0.1, 0.15) is 12.8 Å². The molecule has 4 N–H and O–H groups in total. The van der Waals surface area contributed by atoms with E-state index in [9.17, 15) is 9.90 Å². The van der Waals surface area contributed by atoms with Crippen LogP contribution in [0.5, 0.6) is 0 Å². The normalized spacial score (nSPS) is 12.6. The molecule has 0 fully saturated rings. The largest absolute Gasteiger partial charge is 0.390 e. The summed E-state index contributed by atoms with van der Waals surface area (Å²) in [4.78, 5) is 10.4. The van der Waals surface area contributed by atoms with Crippen LogP contribution in [-0.2, 0) is 11.3 Å². The predicted molar refractivity (Wildman–Crippen MR) is 59.5 cm³/mol. The Balaban J connectivity index is 2.02. The number of carbonyl (C=O) groups is 1. The average molecular weight is 226 g/mol. The highest BCUT2D eigenvalue weighted by atomic mass is 16.3. The molecule has 0 saturated heterocycles. The van der Waals surface area contributed by atoms with Gasteiger partial charge in [0, 0.05) is 25.4 Å². The molecule has 0 bridgehead atoms. The lowest BCUT2D eigenvalue weighted by atomic mass is 10.3. The van der Waals surface area contributed by atoms with Crippen molar-refractivity contribution in [1.29, 1.82) is 0 Å². The van der Waals surface area contributed by atoms with Crippen molar-refractivity contribution in [2.75, 3.05) is 13.1 Å². The van der Waals surface area contributed by atoms with E-state index in [2.05, 4.69) is 10.4 Å². The summed E-state index contributed by atoms with van der Waals surface area (Å²) in [6.45, 7) is 1.63. The Bertz CT molecular complexity index is 300. The van der Waals surface area contributed by atoms with Gasteiger partial charge in [-0.1, -0.05) is 0 Å². The van der Waals surface area contributed by atoms with Gasteiger partial charge in [-0.2, -0.15) is 5.10 Å². The van der Waals surface area contributed by atoms with Crippen LogP contribution in [0.4, 0.5) is 0 Å².